The molecule has 0 bridgehead atoms. The van der Waals surface area contributed by atoms with Crippen LogP contribution in [0.2, 0.25) is 0 Å². The van der Waals surface area contributed by atoms with Crippen molar-refractivity contribution in [2.24, 2.45) is 0 Å². The van der Waals surface area contributed by atoms with Gasteiger partial charge in [0.1, 0.15) is 0 Å². The lowest BCUT2D eigenvalue weighted by atomic mass is 9.96. The number of ether oxygens (including phenoxy) is 1. The molecule has 118 valence electrons. The SMILES string of the molecule is O=C(CC(O)(CC(=O)OC(=O)c1ccccc1)C(=O)O)OF. The molecule has 1 atom stereocenters. The summed E-state index contributed by atoms with van der Waals surface area (Å²) in [6.07, 6.45) is -2.57. The summed E-state index contributed by atoms with van der Waals surface area (Å²) in [5, 5.41) is 18.5. The number of aliphatic hydroxyl groups is 1. The van der Waals surface area contributed by atoms with E-state index in [0.29, 0.717) is 0 Å². The number of carboxylic acid groups (broad SMARTS) is 1. The summed E-state index contributed by atoms with van der Waals surface area (Å²) < 4.78 is 16.0. The summed E-state index contributed by atoms with van der Waals surface area (Å²) in [4.78, 5) is 47.4. The second kappa shape index (κ2) is 7.27. The minimum absolute atomic E-state index is 0.0258. The molecule has 0 aliphatic heterocycles. The van der Waals surface area contributed by atoms with E-state index in [9.17, 15) is 28.8 Å². The Labute approximate surface area is 123 Å². The zero-order valence-corrected chi connectivity index (χ0v) is 11.0. The lowest BCUT2D eigenvalue weighted by Crippen LogP contribution is -2.43. The first-order valence-electron chi connectivity index (χ1n) is 5.86. The summed E-state index contributed by atoms with van der Waals surface area (Å²) in [5.74, 6) is -6.12. The lowest BCUT2D eigenvalue weighted by molar-refractivity contribution is -0.193. The lowest BCUT2D eigenvalue weighted by Gasteiger charge is -2.19. The first-order valence-corrected chi connectivity index (χ1v) is 5.86. The first kappa shape index (κ1) is 17.2. The predicted molar refractivity (Wildman–Crippen MR) is 65.9 cm³/mol. The van der Waals surface area contributed by atoms with Crippen molar-refractivity contribution in [3.63, 3.8) is 0 Å². The van der Waals surface area contributed by atoms with E-state index in [-0.39, 0.29) is 5.56 Å². The number of carbonyl (C=O) groups excluding carboxylic acids is 3. The number of rotatable bonds is 6. The molecule has 0 fully saturated rings. The average Bonchev–Trinajstić information content (AvgIpc) is 2.47. The maximum atomic E-state index is 11.6. The number of carbonyl (C=O) groups is 4. The minimum atomic E-state index is -2.95. The second-order valence-corrected chi connectivity index (χ2v) is 4.27. The molecular formula is C13H11FO8. The van der Waals surface area contributed by atoms with Crippen LogP contribution in [0.25, 0.3) is 0 Å². The summed E-state index contributed by atoms with van der Waals surface area (Å²) in [7, 11) is 0. The number of hydrogen-bond acceptors (Lipinski definition) is 7. The third-order valence-electron chi connectivity index (χ3n) is 2.57. The van der Waals surface area contributed by atoms with E-state index in [1.54, 1.807) is 6.07 Å². The second-order valence-electron chi connectivity index (χ2n) is 4.27. The molecule has 0 aromatic heterocycles. The fourth-order valence-electron chi connectivity index (χ4n) is 1.49. The standard InChI is InChI=1S/C13H11FO8/c14-22-10(16)7-13(20,12(18)19)6-9(15)21-11(17)8-4-2-1-3-5-8/h1-5,20H,6-7H2,(H,18,19). The number of benzene rings is 1. The molecule has 0 saturated carbocycles. The molecule has 9 heteroatoms. The summed E-state index contributed by atoms with van der Waals surface area (Å²) in [6.45, 7) is 0. The Morgan fingerprint density at radius 1 is 1.05 bits per heavy atom. The van der Waals surface area contributed by atoms with Crippen LogP contribution in [0, 0.1) is 0 Å². The highest BCUT2D eigenvalue weighted by Gasteiger charge is 2.42. The molecule has 0 radical (unpaired) electrons. The highest BCUT2D eigenvalue weighted by molar-refractivity contribution is 5.98. The molecular weight excluding hydrogens is 303 g/mol. The van der Waals surface area contributed by atoms with Crippen molar-refractivity contribution >= 4 is 23.9 Å². The largest absolute Gasteiger partial charge is 0.479 e. The van der Waals surface area contributed by atoms with Crippen LogP contribution in [0.5, 0.6) is 0 Å². The third-order valence-corrected chi connectivity index (χ3v) is 2.57. The smallest absolute Gasteiger partial charge is 0.352 e. The molecule has 0 amide bonds. The van der Waals surface area contributed by atoms with Crippen molar-refractivity contribution in [1.29, 1.82) is 0 Å². The topological polar surface area (TPSA) is 127 Å². The van der Waals surface area contributed by atoms with Crippen LogP contribution < -0.4 is 0 Å². The molecule has 0 saturated heterocycles. The molecule has 0 heterocycles. The molecule has 8 nitrogen and oxygen atoms in total. The van der Waals surface area contributed by atoms with Gasteiger partial charge in [-0.1, -0.05) is 18.2 Å². The van der Waals surface area contributed by atoms with Crippen LogP contribution in [0.1, 0.15) is 23.2 Å². The van der Waals surface area contributed by atoms with Gasteiger partial charge in [-0.25, -0.2) is 14.4 Å². The summed E-state index contributed by atoms with van der Waals surface area (Å²) in [5.41, 5.74) is -2.92. The Morgan fingerprint density at radius 2 is 1.59 bits per heavy atom. The number of aliphatic carboxylic acids is 1. The maximum Gasteiger partial charge on any atom is 0.352 e. The molecule has 1 aromatic carbocycles. The summed E-state index contributed by atoms with van der Waals surface area (Å²) in [6, 6.07) is 7.32. The Bertz CT molecular complexity index is 585. The Hall–Kier alpha value is -2.81. The van der Waals surface area contributed by atoms with E-state index in [2.05, 4.69) is 9.68 Å². The highest BCUT2D eigenvalue weighted by atomic mass is 19.3. The van der Waals surface area contributed by atoms with Crippen LogP contribution in [0.4, 0.5) is 4.53 Å². The Kier molecular flexibility index (Phi) is 5.70. The van der Waals surface area contributed by atoms with E-state index >= 15 is 0 Å². The zero-order valence-electron chi connectivity index (χ0n) is 11.0. The van der Waals surface area contributed by atoms with Crippen LogP contribution in [-0.4, -0.2) is 39.7 Å². The van der Waals surface area contributed by atoms with Gasteiger partial charge in [-0.2, -0.15) is 0 Å². The number of esters is 2. The molecule has 0 aliphatic rings. The van der Waals surface area contributed by atoms with Gasteiger partial charge in [-0.15, -0.1) is 0 Å². The van der Waals surface area contributed by atoms with Gasteiger partial charge >= 0.3 is 23.9 Å². The van der Waals surface area contributed by atoms with Gasteiger partial charge in [0.05, 0.1) is 18.4 Å². The van der Waals surface area contributed by atoms with Crippen molar-refractivity contribution in [1.82, 2.24) is 0 Å². The molecule has 22 heavy (non-hydrogen) atoms. The van der Waals surface area contributed by atoms with Gasteiger partial charge in [-0.05, 0) is 12.1 Å². The van der Waals surface area contributed by atoms with E-state index in [4.69, 9.17) is 5.11 Å². The van der Waals surface area contributed by atoms with Gasteiger partial charge in [0.25, 0.3) is 0 Å². The minimum Gasteiger partial charge on any atom is -0.479 e. The van der Waals surface area contributed by atoms with Crippen molar-refractivity contribution < 1.29 is 43.6 Å². The van der Waals surface area contributed by atoms with Crippen molar-refractivity contribution in [3.05, 3.63) is 35.9 Å². The molecule has 0 spiro atoms. The van der Waals surface area contributed by atoms with Crippen LogP contribution >= 0.6 is 0 Å². The van der Waals surface area contributed by atoms with Crippen LogP contribution in [0.15, 0.2) is 30.3 Å². The quantitative estimate of drug-likeness (QED) is 0.570. The average molecular weight is 314 g/mol. The predicted octanol–water partition coefficient (Wildman–Crippen LogP) is 0.394. The first-order chi connectivity index (χ1) is 10.3. The van der Waals surface area contributed by atoms with Crippen LogP contribution in [0.3, 0.4) is 0 Å². The number of halogens is 1. The molecule has 0 aliphatic carbocycles. The van der Waals surface area contributed by atoms with Crippen LogP contribution in [-0.2, 0) is 24.1 Å². The number of carboxylic acids is 1. The number of hydrogen-bond donors (Lipinski definition) is 2. The monoisotopic (exact) mass is 314 g/mol. The summed E-state index contributed by atoms with van der Waals surface area (Å²) >= 11 is 0. The van der Waals surface area contributed by atoms with E-state index in [0.717, 1.165) is 0 Å². The van der Waals surface area contributed by atoms with Gasteiger partial charge in [0, 0.05) is 4.53 Å². The van der Waals surface area contributed by atoms with Gasteiger partial charge in [-0.3, -0.25) is 9.74 Å². The Balaban J connectivity index is 2.74. The highest BCUT2D eigenvalue weighted by Crippen LogP contribution is 2.18. The normalized spacial score (nSPS) is 12.8. The zero-order chi connectivity index (χ0) is 16.8. The van der Waals surface area contributed by atoms with Crippen molar-refractivity contribution in [3.8, 4) is 0 Å². The van der Waals surface area contributed by atoms with Crippen molar-refractivity contribution in [2.75, 3.05) is 0 Å². The third kappa shape index (κ3) is 4.63. The Morgan fingerprint density at radius 3 is 2.09 bits per heavy atom. The maximum absolute atomic E-state index is 11.6. The molecule has 1 aromatic rings. The molecule has 1 rings (SSSR count). The van der Waals surface area contributed by atoms with Gasteiger partial charge < -0.3 is 14.9 Å². The van der Waals surface area contributed by atoms with E-state index in [1.807, 2.05) is 0 Å². The van der Waals surface area contributed by atoms with Gasteiger partial charge in [0.15, 0.2) is 5.60 Å². The molecule has 2 N–H and O–H groups in total. The van der Waals surface area contributed by atoms with Gasteiger partial charge in [0.2, 0.25) is 0 Å². The fraction of sp³-hybridized carbons (Fsp3) is 0.231. The fourth-order valence-corrected chi connectivity index (χ4v) is 1.49. The van der Waals surface area contributed by atoms with E-state index in [1.165, 1.54) is 24.3 Å². The van der Waals surface area contributed by atoms with E-state index < -0.39 is 42.3 Å². The molecule has 1 unspecified atom stereocenters. The van der Waals surface area contributed by atoms with Crippen molar-refractivity contribution in [2.45, 2.75) is 18.4 Å².